The van der Waals surface area contributed by atoms with Crippen molar-refractivity contribution in [3.63, 3.8) is 0 Å². The Morgan fingerprint density at radius 3 is 2.87 bits per heavy atom. The summed E-state index contributed by atoms with van der Waals surface area (Å²) >= 11 is 0. The van der Waals surface area contributed by atoms with E-state index in [0.717, 1.165) is 43.4 Å². The monoisotopic (exact) mass is 400 g/mol. The van der Waals surface area contributed by atoms with Crippen LogP contribution < -0.4 is 5.69 Å². The minimum Gasteiger partial charge on any atom is -0.303 e. The molecule has 2 unspecified atom stereocenters. The first-order chi connectivity index (χ1) is 14.7. The van der Waals surface area contributed by atoms with Crippen LogP contribution in [0.4, 0.5) is 0 Å². The summed E-state index contributed by atoms with van der Waals surface area (Å²) in [6.45, 7) is 2.15. The number of nitrogens with zero attached hydrogens (tertiary/aromatic N) is 5. The standard InChI is InChI=1S/C23H24N6O/c1-14-17-9-7-15(11-24)8-10-19(14)25-12-18(17)21-26-13-20-22(28-21)29(23(30)27-20)16-5-3-2-4-6-16/h7-8,10,12-14,16-17H,2-6,9H2,1H3,(H,27,30). The van der Waals surface area contributed by atoms with E-state index in [-0.39, 0.29) is 23.6 Å². The van der Waals surface area contributed by atoms with Gasteiger partial charge >= 0.3 is 5.69 Å². The molecule has 7 nitrogen and oxygen atoms in total. The molecule has 0 saturated heterocycles. The van der Waals surface area contributed by atoms with Crippen LogP contribution in [0, 0.1) is 23.2 Å². The van der Waals surface area contributed by atoms with Crippen LogP contribution in [0.25, 0.3) is 16.7 Å². The van der Waals surface area contributed by atoms with Crippen molar-refractivity contribution in [2.24, 2.45) is 16.8 Å². The van der Waals surface area contributed by atoms with Crippen molar-refractivity contribution in [3.8, 4) is 6.07 Å². The summed E-state index contributed by atoms with van der Waals surface area (Å²) in [6, 6.07) is 2.42. The molecule has 30 heavy (non-hydrogen) atoms. The van der Waals surface area contributed by atoms with Crippen LogP contribution in [0.3, 0.4) is 0 Å². The Labute approximate surface area is 174 Å². The maximum absolute atomic E-state index is 12.7. The highest BCUT2D eigenvalue weighted by Gasteiger charge is 2.31. The molecule has 3 heterocycles. The fourth-order valence-corrected chi connectivity index (χ4v) is 4.90. The number of aromatic nitrogens is 4. The highest BCUT2D eigenvalue weighted by atomic mass is 16.1. The lowest BCUT2D eigenvalue weighted by Crippen LogP contribution is -2.26. The van der Waals surface area contributed by atoms with Crippen molar-refractivity contribution >= 4 is 22.4 Å². The van der Waals surface area contributed by atoms with Crippen LogP contribution in [0.1, 0.15) is 57.3 Å². The van der Waals surface area contributed by atoms with Gasteiger partial charge in [0.25, 0.3) is 0 Å². The first kappa shape index (κ1) is 18.7. The smallest absolute Gasteiger partial charge is 0.303 e. The van der Waals surface area contributed by atoms with Gasteiger partial charge < -0.3 is 4.98 Å². The Morgan fingerprint density at radius 2 is 2.07 bits per heavy atom. The van der Waals surface area contributed by atoms with E-state index in [2.05, 4.69) is 28.0 Å². The molecule has 2 aromatic rings. The van der Waals surface area contributed by atoms with Gasteiger partial charge in [0.05, 0.1) is 12.3 Å². The fraction of sp³-hybridized carbons (Fsp3) is 0.435. The third-order valence-corrected chi connectivity index (χ3v) is 6.63. The first-order valence-corrected chi connectivity index (χ1v) is 10.7. The summed E-state index contributed by atoms with van der Waals surface area (Å²) in [5.41, 5.74) is 3.82. The third-order valence-electron chi connectivity index (χ3n) is 6.63. The summed E-state index contributed by atoms with van der Waals surface area (Å²) in [7, 11) is 0. The number of hydrogen-bond acceptors (Lipinski definition) is 5. The first-order valence-electron chi connectivity index (χ1n) is 10.7. The van der Waals surface area contributed by atoms with Crippen LogP contribution in [0.2, 0.25) is 0 Å². The average Bonchev–Trinajstić information content (AvgIpc) is 3.10. The van der Waals surface area contributed by atoms with Crippen LogP contribution in [-0.2, 0) is 0 Å². The van der Waals surface area contributed by atoms with E-state index in [1.54, 1.807) is 6.20 Å². The predicted octanol–water partition coefficient (Wildman–Crippen LogP) is 4.08. The highest BCUT2D eigenvalue weighted by Crippen LogP contribution is 2.37. The van der Waals surface area contributed by atoms with Crippen molar-refractivity contribution in [3.05, 3.63) is 52.5 Å². The lowest BCUT2D eigenvalue weighted by Gasteiger charge is -2.29. The lowest BCUT2D eigenvalue weighted by molar-refractivity contribution is 0.352. The second kappa shape index (κ2) is 7.52. The molecule has 2 atom stereocenters. The molecule has 1 aliphatic heterocycles. The molecular formula is C23H24N6O. The summed E-state index contributed by atoms with van der Waals surface area (Å²) in [5.74, 6) is 0.947. The van der Waals surface area contributed by atoms with E-state index in [0.29, 0.717) is 22.6 Å². The number of H-pyrrole nitrogens is 1. The molecule has 2 bridgehead atoms. The number of nitriles is 1. The topological polar surface area (TPSA) is 99.7 Å². The number of rotatable bonds is 2. The largest absolute Gasteiger partial charge is 0.327 e. The van der Waals surface area contributed by atoms with E-state index >= 15 is 0 Å². The number of aromatic amines is 1. The van der Waals surface area contributed by atoms with Gasteiger partial charge in [-0.15, -0.1) is 0 Å². The second-order valence-corrected chi connectivity index (χ2v) is 8.40. The molecule has 7 heteroatoms. The zero-order valence-corrected chi connectivity index (χ0v) is 17.0. The van der Waals surface area contributed by atoms with Gasteiger partial charge in [-0.05, 0) is 31.4 Å². The third kappa shape index (κ3) is 3.13. The van der Waals surface area contributed by atoms with Gasteiger partial charge in [0, 0.05) is 40.9 Å². The van der Waals surface area contributed by atoms with Gasteiger partial charge in [-0.3, -0.25) is 9.56 Å². The number of fused-ring (bicyclic) bond motifs is 3. The predicted molar refractivity (Wildman–Crippen MR) is 116 cm³/mol. The van der Waals surface area contributed by atoms with Crippen molar-refractivity contribution in [1.82, 2.24) is 19.5 Å². The van der Waals surface area contributed by atoms with E-state index in [1.807, 2.05) is 29.0 Å². The van der Waals surface area contributed by atoms with Crippen LogP contribution >= 0.6 is 0 Å². The van der Waals surface area contributed by atoms with Gasteiger partial charge in [-0.25, -0.2) is 14.8 Å². The number of imidazole rings is 1. The molecule has 3 aliphatic rings. The van der Waals surface area contributed by atoms with Gasteiger partial charge in [-0.2, -0.15) is 5.26 Å². The van der Waals surface area contributed by atoms with Crippen LogP contribution in [0.15, 0.2) is 46.0 Å². The zero-order chi connectivity index (χ0) is 20.7. The van der Waals surface area contributed by atoms with Crippen LogP contribution in [0.5, 0.6) is 0 Å². The molecule has 0 radical (unpaired) electrons. The molecule has 0 aromatic carbocycles. The molecule has 152 valence electrons. The Bertz CT molecular complexity index is 1210. The lowest BCUT2D eigenvalue weighted by atomic mass is 9.78. The number of allylic oxidation sites excluding steroid dienone is 5. The Kier molecular flexibility index (Phi) is 4.70. The van der Waals surface area contributed by atoms with Gasteiger partial charge in [0.15, 0.2) is 11.5 Å². The van der Waals surface area contributed by atoms with Crippen molar-refractivity contribution in [1.29, 1.82) is 5.26 Å². The average molecular weight is 400 g/mol. The Hall–Kier alpha value is -3.27. The van der Waals surface area contributed by atoms with E-state index in [1.165, 1.54) is 6.42 Å². The normalized spacial score (nSPS) is 24.5. The van der Waals surface area contributed by atoms with E-state index in [4.69, 9.17) is 4.98 Å². The van der Waals surface area contributed by atoms with Crippen molar-refractivity contribution in [2.75, 3.05) is 0 Å². The second-order valence-electron chi connectivity index (χ2n) is 8.40. The molecule has 1 saturated carbocycles. The molecule has 0 amide bonds. The molecule has 2 aliphatic carbocycles. The maximum Gasteiger partial charge on any atom is 0.327 e. The SMILES string of the molecule is CC1C2=NC=C(c3ncc4[nH]c(=O)n(C5CCCCC5)c4n3)C1CC=C(C#N)C=C2. The van der Waals surface area contributed by atoms with E-state index < -0.39 is 0 Å². The van der Waals surface area contributed by atoms with Gasteiger partial charge in [-0.1, -0.05) is 32.3 Å². The summed E-state index contributed by atoms with van der Waals surface area (Å²) in [5, 5.41) is 9.31. The summed E-state index contributed by atoms with van der Waals surface area (Å²) in [6.07, 6.45) is 15.6. The molecule has 2 aromatic heterocycles. The highest BCUT2D eigenvalue weighted by molar-refractivity contribution is 6.00. The van der Waals surface area contributed by atoms with Crippen LogP contribution in [-0.4, -0.2) is 25.2 Å². The molecule has 1 N–H and O–H groups in total. The van der Waals surface area contributed by atoms with Crippen molar-refractivity contribution < 1.29 is 0 Å². The molecule has 0 spiro atoms. The van der Waals surface area contributed by atoms with Gasteiger partial charge in [0.1, 0.15) is 5.52 Å². The summed E-state index contributed by atoms with van der Waals surface area (Å²) in [4.78, 5) is 29.6. The molecular weight excluding hydrogens is 376 g/mol. The molecule has 1 fully saturated rings. The minimum atomic E-state index is -0.104. The maximum atomic E-state index is 12.7. The molecule has 5 rings (SSSR count). The zero-order valence-electron chi connectivity index (χ0n) is 17.0. The van der Waals surface area contributed by atoms with Gasteiger partial charge in [0.2, 0.25) is 0 Å². The quantitative estimate of drug-likeness (QED) is 0.821. The number of aliphatic imine (C=N–C) groups is 1. The Morgan fingerprint density at radius 1 is 1.23 bits per heavy atom. The number of hydrogen-bond donors (Lipinski definition) is 1. The number of nitrogens with one attached hydrogen (secondary N) is 1. The fourth-order valence-electron chi connectivity index (χ4n) is 4.90. The minimum absolute atomic E-state index is 0.104. The van der Waals surface area contributed by atoms with Crippen molar-refractivity contribution in [2.45, 2.75) is 51.5 Å². The summed E-state index contributed by atoms with van der Waals surface area (Å²) < 4.78 is 1.83. The van der Waals surface area contributed by atoms with E-state index in [9.17, 15) is 10.1 Å². The Balaban J connectivity index is 1.59.